The lowest BCUT2D eigenvalue weighted by Gasteiger charge is -2.27. The molecule has 1 heterocycles. The zero-order valence-corrected chi connectivity index (χ0v) is 12.0. The molecule has 3 heteroatoms. The molecule has 96 valence electrons. The molecule has 2 N–H and O–H groups in total. The Kier molecular flexibility index (Phi) is 4.04. The summed E-state index contributed by atoms with van der Waals surface area (Å²) in [5.74, 6) is 0. The summed E-state index contributed by atoms with van der Waals surface area (Å²) in [5.41, 5.74) is 9.43. The van der Waals surface area contributed by atoms with Crippen molar-refractivity contribution in [2.75, 3.05) is 11.9 Å². The van der Waals surface area contributed by atoms with Crippen LogP contribution in [0.2, 0.25) is 0 Å². The Morgan fingerprint density at radius 1 is 1.33 bits per heavy atom. The van der Waals surface area contributed by atoms with E-state index in [4.69, 9.17) is 5.73 Å². The van der Waals surface area contributed by atoms with Crippen LogP contribution in [-0.4, -0.2) is 7.05 Å². The van der Waals surface area contributed by atoms with E-state index in [0.29, 0.717) is 12.6 Å². The van der Waals surface area contributed by atoms with Gasteiger partial charge in [0.05, 0.1) is 6.04 Å². The summed E-state index contributed by atoms with van der Waals surface area (Å²) in [4.78, 5) is 3.69. The lowest BCUT2D eigenvalue weighted by atomic mass is 10.1. The average molecular weight is 260 g/mol. The van der Waals surface area contributed by atoms with Crippen LogP contribution in [0.15, 0.2) is 35.7 Å². The average Bonchev–Trinajstić information content (AvgIpc) is 2.90. The highest BCUT2D eigenvalue weighted by Crippen LogP contribution is 2.29. The maximum atomic E-state index is 5.70. The van der Waals surface area contributed by atoms with Crippen molar-refractivity contribution in [1.82, 2.24) is 0 Å². The smallest absolute Gasteiger partial charge is 0.0603 e. The quantitative estimate of drug-likeness (QED) is 0.908. The Hall–Kier alpha value is -1.32. The molecular formula is C15H20N2S. The molecule has 0 aliphatic heterocycles. The Bertz CT molecular complexity index is 505. The van der Waals surface area contributed by atoms with Crippen LogP contribution >= 0.6 is 11.3 Å². The maximum Gasteiger partial charge on any atom is 0.0603 e. The number of nitrogens with zero attached hydrogens (tertiary/aromatic N) is 1. The summed E-state index contributed by atoms with van der Waals surface area (Å²) < 4.78 is 0. The number of anilines is 1. The molecule has 0 radical (unpaired) electrons. The summed E-state index contributed by atoms with van der Waals surface area (Å²) >= 11 is 1.80. The Balaban J connectivity index is 2.23. The van der Waals surface area contributed by atoms with Gasteiger partial charge in [0.2, 0.25) is 0 Å². The molecule has 2 aromatic rings. The van der Waals surface area contributed by atoms with E-state index in [1.165, 1.54) is 21.7 Å². The Labute approximate surface area is 113 Å². The van der Waals surface area contributed by atoms with E-state index in [1.54, 1.807) is 11.3 Å². The highest BCUT2D eigenvalue weighted by atomic mass is 32.1. The van der Waals surface area contributed by atoms with Crippen molar-refractivity contribution in [2.45, 2.75) is 26.4 Å². The van der Waals surface area contributed by atoms with E-state index >= 15 is 0 Å². The van der Waals surface area contributed by atoms with Crippen LogP contribution in [-0.2, 0) is 6.54 Å². The fraction of sp³-hybridized carbons (Fsp3) is 0.333. The number of hydrogen-bond donors (Lipinski definition) is 1. The third-order valence-electron chi connectivity index (χ3n) is 3.49. The fourth-order valence-corrected chi connectivity index (χ4v) is 2.90. The first kappa shape index (κ1) is 13.1. The molecule has 1 aromatic heterocycles. The molecule has 2 rings (SSSR count). The van der Waals surface area contributed by atoms with Gasteiger partial charge in [-0.15, -0.1) is 11.3 Å². The molecule has 2 nitrogen and oxygen atoms in total. The lowest BCUT2D eigenvalue weighted by Crippen LogP contribution is -2.21. The van der Waals surface area contributed by atoms with Crippen molar-refractivity contribution < 1.29 is 0 Å². The van der Waals surface area contributed by atoms with Gasteiger partial charge in [0.25, 0.3) is 0 Å². The van der Waals surface area contributed by atoms with Gasteiger partial charge in [0.15, 0.2) is 0 Å². The lowest BCUT2D eigenvalue weighted by molar-refractivity contribution is 0.753. The molecule has 1 unspecified atom stereocenters. The van der Waals surface area contributed by atoms with E-state index in [2.05, 4.69) is 61.5 Å². The van der Waals surface area contributed by atoms with E-state index in [0.717, 1.165) is 0 Å². The van der Waals surface area contributed by atoms with Gasteiger partial charge in [-0.05, 0) is 48.6 Å². The van der Waals surface area contributed by atoms with Crippen LogP contribution < -0.4 is 10.6 Å². The van der Waals surface area contributed by atoms with E-state index in [-0.39, 0.29) is 0 Å². The zero-order valence-electron chi connectivity index (χ0n) is 11.2. The second kappa shape index (κ2) is 5.55. The van der Waals surface area contributed by atoms with Gasteiger partial charge in [0, 0.05) is 24.2 Å². The van der Waals surface area contributed by atoms with Gasteiger partial charge in [-0.25, -0.2) is 0 Å². The highest BCUT2D eigenvalue weighted by Gasteiger charge is 2.13. The Morgan fingerprint density at radius 3 is 2.67 bits per heavy atom. The van der Waals surface area contributed by atoms with Crippen LogP contribution in [0.4, 0.5) is 5.69 Å². The van der Waals surface area contributed by atoms with Crippen LogP contribution in [0.5, 0.6) is 0 Å². The van der Waals surface area contributed by atoms with Crippen molar-refractivity contribution >= 4 is 17.0 Å². The van der Waals surface area contributed by atoms with Crippen molar-refractivity contribution in [2.24, 2.45) is 5.73 Å². The molecule has 0 aliphatic carbocycles. The third kappa shape index (κ3) is 2.57. The number of thiophene rings is 1. The van der Waals surface area contributed by atoms with Crippen molar-refractivity contribution in [3.8, 4) is 0 Å². The first-order chi connectivity index (χ1) is 8.63. The molecule has 18 heavy (non-hydrogen) atoms. The predicted molar refractivity (Wildman–Crippen MR) is 80.2 cm³/mol. The Morgan fingerprint density at radius 2 is 2.11 bits per heavy atom. The normalized spacial score (nSPS) is 12.4. The van der Waals surface area contributed by atoms with Crippen molar-refractivity contribution in [3.63, 3.8) is 0 Å². The van der Waals surface area contributed by atoms with Crippen molar-refractivity contribution in [3.05, 3.63) is 51.7 Å². The molecule has 1 aromatic carbocycles. The molecule has 1 atom stereocenters. The minimum Gasteiger partial charge on any atom is -0.367 e. The van der Waals surface area contributed by atoms with Crippen LogP contribution in [0.1, 0.15) is 29.0 Å². The first-order valence-corrected chi connectivity index (χ1v) is 7.07. The van der Waals surface area contributed by atoms with Crippen LogP contribution in [0.3, 0.4) is 0 Å². The molecule has 0 spiro atoms. The minimum atomic E-state index is 0.396. The monoisotopic (exact) mass is 260 g/mol. The second-order valence-corrected chi connectivity index (χ2v) is 5.60. The van der Waals surface area contributed by atoms with Gasteiger partial charge in [-0.1, -0.05) is 12.1 Å². The molecule has 0 saturated carbocycles. The van der Waals surface area contributed by atoms with E-state index in [9.17, 15) is 0 Å². The SMILES string of the molecule is Cc1cc(N(C)C(C)c2cccs2)ccc1CN. The molecule has 0 amide bonds. The third-order valence-corrected chi connectivity index (χ3v) is 4.53. The highest BCUT2D eigenvalue weighted by molar-refractivity contribution is 7.10. The van der Waals surface area contributed by atoms with Gasteiger partial charge in [-0.2, -0.15) is 0 Å². The second-order valence-electron chi connectivity index (χ2n) is 4.62. The van der Waals surface area contributed by atoms with E-state index < -0.39 is 0 Å². The minimum absolute atomic E-state index is 0.396. The predicted octanol–water partition coefficient (Wildman–Crippen LogP) is 3.71. The molecule has 0 saturated heterocycles. The number of aryl methyl sites for hydroxylation is 1. The molecule has 0 fully saturated rings. The fourth-order valence-electron chi connectivity index (χ4n) is 2.07. The summed E-state index contributed by atoms with van der Waals surface area (Å²) in [7, 11) is 2.14. The topological polar surface area (TPSA) is 29.3 Å². The number of hydrogen-bond acceptors (Lipinski definition) is 3. The molecule has 0 bridgehead atoms. The largest absolute Gasteiger partial charge is 0.367 e. The van der Waals surface area contributed by atoms with Crippen LogP contribution in [0.25, 0.3) is 0 Å². The zero-order chi connectivity index (χ0) is 13.1. The van der Waals surface area contributed by atoms with Gasteiger partial charge in [0.1, 0.15) is 0 Å². The molecule has 0 aliphatic rings. The summed E-state index contributed by atoms with van der Waals surface area (Å²) in [6, 6.07) is 11.2. The van der Waals surface area contributed by atoms with Crippen LogP contribution in [0, 0.1) is 6.92 Å². The standard InChI is InChI=1S/C15H20N2S/c1-11-9-14(7-6-13(11)10-16)17(3)12(2)15-5-4-8-18-15/h4-9,12H,10,16H2,1-3H3. The summed E-state index contributed by atoms with van der Waals surface area (Å²) in [5, 5.41) is 2.13. The van der Waals surface area contributed by atoms with E-state index in [1.807, 2.05) is 0 Å². The summed E-state index contributed by atoms with van der Waals surface area (Å²) in [6.07, 6.45) is 0. The number of rotatable bonds is 4. The maximum absolute atomic E-state index is 5.70. The first-order valence-electron chi connectivity index (χ1n) is 6.19. The summed E-state index contributed by atoms with van der Waals surface area (Å²) in [6.45, 7) is 4.96. The van der Waals surface area contributed by atoms with Crippen molar-refractivity contribution in [1.29, 1.82) is 0 Å². The number of benzene rings is 1. The van der Waals surface area contributed by atoms with Gasteiger partial charge >= 0.3 is 0 Å². The van der Waals surface area contributed by atoms with Gasteiger partial charge < -0.3 is 10.6 Å². The number of nitrogens with two attached hydrogens (primary N) is 1. The molecular weight excluding hydrogens is 240 g/mol. The van der Waals surface area contributed by atoms with Gasteiger partial charge in [-0.3, -0.25) is 0 Å².